The van der Waals surface area contributed by atoms with Crippen LogP contribution in [0.1, 0.15) is 40.0 Å². The van der Waals surface area contributed by atoms with Gasteiger partial charge in [0.15, 0.2) is 0 Å². The Hall–Kier alpha value is -0.780. The van der Waals surface area contributed by atoms with E-state index in [4.69, 9.17) is 5.73 Å². The summed E-state index contributed by atoms with van der Waals surface area (Å²) >= 11 is 0. The van der Waals surface area contributed by atoms with Gasteiger partial charge in [-0.3, -0.25) is 4.79 Å². The van der Waals surface area contributed by atoms with Gasteiger partial charge in [0.1, 0.15) is 0 Å². The second-order valence-electron chi connectivity index (χ2n) is 4.39. The smallest absolute Gasteiger partial charge is 0.353 e. The fourth-order valence-electron chi connectivity index (χ4n) is 1.73. The monoisotopic (exact) mass is 254 g/mol. The van der Waals surface area contributed by atoms with Gasteiger partial charge in [-0.1, -0.05) is 13.8 Å². The zero-order chi connectivity index (χ0) is 13.7. The molecule has 0 aliphatic rings. The molecule has 0 radical (unpaired) electrons. The van der Waals surface area contributed by atoms with Crippen molar-refractivity contribution in [1.29, 1.82) is 0 Å². The van der Waals surface area contributed by atoms with Gasteiger partial charge in [-0.05, 0) is 19.8 Å². The van der Waals surface area contributed by atoms with Gasteiger partial charge in [0.25, 0.3) is 0 Å². The number of rotatable bonds is 6. The van der Waals surface area contributed by atoms with Crippen LogP contribution in [0.15, 0.2) is 0 Å². The topological polar surface area (TPSA) is 55.1 Å². The number of hydrogen-bond donors (Lipinski definition) is 2. The third-order valence-electron chi connectivity index (χ3n) is 3.14. The van der Waals surface area contributed by atoms with Crippen molar-refractivity contribution in [2.75, 3.05) is 6.54 Å². The molecule has 0 aromatic carbocycles. The lowest BCUT2D eigenvalue weighted by Gasteiger charge is -2.30. The van der Waals surface area contributed by atoms with E-state index in [0.29, 0.717) is 12.8 Å². The maximum absolute atomic E-state index is 12.1. The average molecular weight is 254 g/mol. The van der Waals surface area contributed by atoms with Crippen molar-refractivity contribution in [3.8, 4) is 0 Å². The number of carbonyl (C=O) groups is 1. The molecule has 0 aromatic rings. The van der Waals surface area contributed by atoms with Gasteiger partial charge in [0.2, 0.25) is 5.91 Å². The summed E-state index contributed by atoms with van der Waals surface area (Å²) in [4.78, 5) is 11.9. The van der Waals surface area contributed by atoms with E-state index in [2.05, 4.69) is 5.32 Å². The molecule has 1 unspecified atom stereocenters. The van der Waals surface area contributed by atoms with Crippen LogP contribution in [0, 0.1) is 5.41 Å². The highest BCUT2D eigenvalue weighted by Crippen LogP contribution is 2.26. The molecule has 102 valence electrons. The normalized spacial score (nSPS) is 14.5. The standard InChI is InChI=1S/C11H21F3N2O/c1-4-10(5-2,7-15)9(17)16-8(3)6-11(12,13)14/h8H,4-7,15H2,1-3H3,(H,16,17). The Labute approximate surface area is 99.9 Å². The minimum absolute atomic E-state index is 0.143. The van der Waals surface area contributed by atoms with Crippen LogP contribution in [-0.4, -0.2) is 24.7 Å². The van der Waals surface area contributed by atoms with Crippen molar-refractivity contribution in [3.63, 3.8) is 0 Å². The van der Waals surface area contributed by atoms with E-state index in [-0.39, 0.29) is 12.5 Å². The number of nitrogens with one attached hydrogen (secondary N) is 1. The van der Waals surface area contributed by atoms with Crippen LogP contribution in [0.5, 0.6) is 0 Å². The van der Waals surface area contributed by atoms with Crippen molar-refractivity contribution >= 4 is 5.91 Å². The van der Waals surface area contributed by atoms with E-state index in [1.807, 2.05) is 13.8 Å². The zero-order valence-corrected chi connectivity index (χ0v) is 10.5. The summed E-state index contributed by atoms with van der Waals surface area (Å²) in [5, 5.41) is 2.39. The van der Waals surface area contributed by atoms with Gasteiger partial charge < -0.3 is 11.1 Å². The van der Waals surface area contributed by atoms with E-state index in [0.717, 1.165) is 0 Å². The number of amides is 1. The molecule has 0 saturated heterocycles. The van der Waals surface area contributed by atoms with Crippen molar-refractivity contribution in [1.82, 2.24) is 5.32 Å². The van der Waals surface area contributed by atoms with Gasteiger partial charge in [-0.2, -0.15) is 13.2 Å². The first-order chi connectivity index (χ1) is 7.70. The molecule has 0 saturated carbocycles. The molecule has 17 heavy (non-hydrogen) atoms. The first kappa shape index (κ1) is 16.2. The molecule has 6 heteroatoms. The lowest BCUT2D eigenvalue weighted by Crippen LogP contribution is -2.48. The molecule has 3 N–H and O–H groups in total. The average Bonchev–Trinajstić information content (AvgIpc) is 2.18. The fourth-order valence-corrected chi connectivity index (χ4v) is 1.73. The van der Waals surface area contributed by atoms with E-state index in [1.54, 1.807) is 0 Å². The number of nitrogens with two attached hydrogens (primary N) is 1. The van der Waals surface area contributed by atoms with Crippen molar-refractivity contribution in [2.45, 2.75) is 52.3 Å². The number of alkyl halides is 3. The van der Waals surface area contributed by atoms with E-state index < -0.39 is 24.1 Å². The van der Waals surface area contributed by atoms with E-state index in [1.165, 1.54) is 6.92 Å². The van der Waals surface area contributed by atoms with Gasteiger partial charge in [0.05, 0.1) is 11.8 Å². The van der Waals surface area contributed by atoms with Crippen LogP contribution < -0.4 is 11.1 Å². The van der Waals surface area contributed by atoms with Gasteiger partial charge >= 0.3 is 6.18 Å². The first-order valence-corrected chi connectivity index (χ1v) is 5.78. The molecule has 0 bridgehead atoms. The van der Waals surface area contributed by atoms with Crippen molar-refractivity contribution in [2.24, 2.45) is 11.1 Å². The molecule has 1 amide bonds. The van der Waals surface area contributed by atoms with E-state index in [9.17, 15) is 18.0 Å². The second kappa shape index (κ2) is 6.23. The Morgan fingerprint density at radius 3 is 2.06 bits per heavy atom. The maximum atomic E-state index is 12.1. The summed E-state index contributed by atoms with van der Waals surface area (Å²) in [5.41, 5.74) is 4.80. The summed E-state index contributed by atoms with van der Waals surface area (Å²) in [6, 6.07) is -0.925. The molecular formula is C11H21F3N2O. The van der Waals surface area contributed by atoms with Crippen LogP contribution in [0.2, 0.25) is 0 Å². The predicted octanol–water partition coefficient (Wildman–Crippen LogP) is 2.21. The second-order valence-corrected chi connectivity index (χ2v) is 4.39. The molecule has 0 aliphatic heterocycles. The molecular weight excluding hydrogens is 233 g/mol. The molecule has 0 aliphatic carbocycles. The zero-order valence-electron chi connectivity index (χ0n) is 10.5. The maximum Gasteiger partial charge on any atom is 0.391 e. The molecule has 0 fully saturated rings. The highest BCUT2D eigenvalue weighted by atomic mass is 19.4. The third kappa shape index (κ3) is 4.93. The van der Waals surface area contributed by atoms with Crippen molar-refractivity contribution in [3.05, 3.63) is 0 Å². The Kier molecular flexibility index (Phi) is 5.95. The van der Waals surface area contributed by atoms with Gasteiger partial charge in [-0.15, -0.1) is 0 Å². The lowest BCUT2D eigenvalue weighted by molar-refractivity contribution is -0.144. The minimum Gasteiger partial charge on any atom is -0.353 e. The van der Waals surface area contributed by atoms with E-state index >= 15 is 0 Å². The SMILES string of the molecule is CCC(CC)(CN)C(=O)NC(C)CC(F)(F)F. The van der Waals surface area contributed by atoms with Crippen LogP contribution in [0.25, 0.3) is 0 Å². The molecule has 0 aromatic heterocycles. The largest absolute Gasteiger partial charge is 0.391 e. The third-order valence-corrected chi connectivity index (χ3v) is 3.14. The Balaban J connectivity index is 4.52. The molecule has 0 spiro atoms. The van der Waals surface area contributed by atoms with Crippen molar-refractivity contribution < 1.29 is 18.0 Å². The van der Waals surface area contributed by atoms with Gasteiger partial charge in [0, 0.05) is 12.6 Å². The summed E-state index contributed by atoms with van der Waals surface area (Å²) in [7, 11) is 0. The number of hydrogen-bond acceptors (Lipinski definition) is 2. The Morgan fingerprint density at radius 2 is 1.76 bits per heavy atom. The molecule has 3 nitrogen and oxygen atoms in total. The predicted molar refractivity (Wildman–Crippen MR) is 60.3 cm³/mol. The Bertz CT molecular complexity index is 241. The minimum atomic E-state index is -4.27. The summed E-state index contributed by atoms with van der Waals surface area (Å²) in [5.74, 6) is -0.387. The van der Waals surface area contributed by atoms with Crippen LogP contribution >= 0.6 is 0 Å². The highest BCUT2D eigenvalue weighted by molar-refractivity contribution is 5.83. The Morgan fingerprint density at radius 1 is 1.29 bits per heavy atom. The summed E-state index contributed by atoms with van der Waals surface area (Å²) < 4.78 is 36.4. The quantitative estimate of drug-likeness (QED) is 0.763. The summed E-state index contributed by atoms with van der Waals surface area (Å²) in [6.07, 6.45) is -4.25. The number of halogens is 3. The first-order valence-electron chi connectivity index (χ1n) is 5.78. The number of carbonyl (C=O) groups excluding carboxylic acids is 1. The molecule has 0 heterocycles. The highest BCUT2D eigenvalue weighted by Gasteiger charge is 2.36. The fraction of sp³-hybridized carbons (Fsp3) is 0.909. The van der Waals surface area contributed by atoms with Crippen LogP contribution in [-0.2, 0) is 4.79 Å². The van der Waals surface area contributed by atoms with Crippen LogP contribution in [0.3, 0.4) is 0 Å². The van der Waals surface area contributed by atoms with Crippen LogP contribution in [0.4, 0.5) is 13.2 Å². The van der Waals surface area contributed by atoms with Gasteiger partial charge in [-0.25, -0.2) is 0 Å². The lowest BCUT2D eigenvalue weighted by atomic mass is 9.81. The molecule has 1 atom stereocenters. The molecule has 0 rings (SSSR count). The summed E-state index contributed by atoms with van der Waals surface area (Å²) in [6.45, 7) is 5.11.